The fraction of sp³-hybridized carbons (Fsp3) is 0.531. The number of hydrogen-bond acceptors (Lipinski definition) is 4. The number of hydrogen-bond donors (Lipinski definition) is 2. The van der Waals surface area contributed by atoms with Gasteiger partial charge in [-0.2, -0.15) is 0 Å². The van der Waals surface area contributed by atoms with Crippen molar-refractivity contribution in [1.29, 1.82) is 0 Å². The molecule has 0 aliphatic carbocycles. The zero-order chi connectivity index (χ0) is 27.0. The maximum atomic E-state index is 12.9. The maximum absolute atomic E-state index is 12.9. The van der Waals surface area contributed by atoms with Crippen LogP contribution in [0.25, 0.3) is 5.57 Å². The van der Waals surface area contributed by atoms with Crippen LogP contribution in [0.2, 0.25) is 0 Å². The normalized spacial score (nSPS) is 10.8. The Labute approximate surface area is 224 Å². The molecular weight excluding hydrogens is 462 g/mol. The Morgan fingerprint density at radius 1 is 0.838 bits per heavy atom. The Morgan fingerprint density at radius 2 is 1.43 bits per heavy atom. The molecule has 204 valence electrons. The van der Waals surface area contributed by atoms with Crippen LogP contribution in [0.4, 0.5) is 0 Å². The first-order chi connectivity index (χ1) is 17.9. The molecule has 0 unspecified atom stereocenters. The summed E-state index contributed by atoms with van der Waals surface area (Å²) >= 11 is 0. The van der Waals surface area contributed by atoms with Crippen LogP contribution in [0.1, 0.15) is 93.9 Å². The number of benzene rings is 2. The first-order valence-corrected chi connectivity index (χ1v) is 14.0. The van der Waals surface area contributed by atoms with Crippen molar-refractivity contribution in [3.63, 3.8) is 0 Å². The van der Waals surface area contributed by atoms with Crippen LogP contribution in [0.5, 0.6) is 17.2 Å². The van der Waals surface area contributed by atoms with Crippen molar-refractivity contribution in [3.05, 3.63) is 59.2 Å². The third-order valence-corrected chi connectivity index (χ3v) is 6.67. The van der Waals surface area contributed by atoms with Gasteiger partial charge in [0.25, 0.3) is 5.91 Å². The molecule has 2 aromatic rings. The molecule has 0 bridgehead atoms. The lowest BCUT2D eigenvalue weighted by Crippen LogP contribution is -2.25. The molecule has 0 fully saturated rings. The summed E-state index contributed by atoms with van der Waals surface area (Å²) < 4.78 is 11.8. The van der Waals surface area contributed by atoms with Gasteiger partial charge in [0.1, 0.15) is 0 Å². The molecule has 2 rings (SSSR count). The molecule has 2 N–H and O–H groups in total. The average Bonchev–Trinajstić information content (AvgIpc) is 2.89. The zero-order valence-electron chi connectivity index (χ0n) is 23.5. The summed E-state index contributed by atoms with van der Waals surface area (Å²) in [4.78, 5) is 12.9. The molecular formula is C32H47NO4. The molecule has 2 aromatic carbocycles. The standard InChI is InChI=1S/C32H47NO4/c1-6-8-10-12-19-36-29-22-28(23-30(31(29)34)37-20-13-11-9-7-2)26(5)32(35)33-18-14-15-27-17-16-24(3)25(4)21-27/h16-17,21-23,34H,5-15,18-20H2,1-4H3,(H,33,35). The number of aromatic hydroxyl groups is 1. The number of nitrogens with one attached hydrogen (secondary N) is 1. The van der Waals surface area contributed by atoms with Crippen molar-refractivity contribution in [2.75, 3.05) is 19.8 Å². The number of phenolic OH excluding ortho intramolecular Hbond substituents is 1. The second-order valence-electron chi connectivity index (χ2n) is 9.90. The molecule has 0 radical (unpaired) electrons. The van der Waals surface area contributed by atoms with Crippen molar-refractivity contribution in [2.24, 2.45) is 0 Å². The first-order valence-electron chi connectivity index (χ1n) is 14.0. The van der Waals surface area contributed by atoms with E-state index in [0.29, 0.717) is 42.4 Å². The molecule has 0 saturated carbocycles. The Balaban J connectivity index is 2.01. The number of aryl methyl sites for hydroxylation is 3. The molecule has 0 aliphatic rings. The number of unbranched alkanes of at least 4 members (excludes halogenated alkanes) is 6. The number of phenols is 1. The molecule has 1 amide bonds. The third kappa shape index (κ3) is 10.5. The topological polar surface area (TPSA) is 67.8 Å². The molecule has 0 spiro atoms. The summed E-state index contributed by atoms with van der Waals surface area (Å²) in [5.41, 5.74) is 4.77. The maximum Gasteiger partial charge on any atom is 0.251 e. The minimum Gasteiger partial charge on any atom is -0.502 e. The summed E-state index contributed by atoms with van der Waals surface area (Å²) in [7, 11) is 0. The van der Waals surface area contributed by atoms with Crippen LogP contribution >= 0.6 is 0 Å². The quantitative estimate of drug-likeness (QED) is 0.160. The second kappa shape index (κ2) is 16.7. The van der Waals surface area contributed by atoms with Gasteiger partial charge < -0.3 is 19.9 Å². The van der Waals surface area contributed by atoms with Crippen LogP contribution < -0.4 is 14.8 Å². The van der Waals surface area contributed by atoms with E-state index in [-0.39, 0.29) is 11.7 Å². The number of carbonyl (C=O) groups excluding carboxylic acids is 1. The van der Waals surface area contributed by atoms with E-state index in [1.165, 1.54) is 16.7 Å². The summed E-state index contributed by atoms with van der Waals surface area (Å²) in [5.74, 6) is 0.424. The van der Waals surface area contributed by atoms with Gasteiger partial charge >= 0.3 is 0 Å². The summed E-state index contributed by atoms with van der Waals surface area (Å²) in [6, 6.07) is 9.88. The van der Waals surface area contributed by atoms with E-state index < -0.39 is 0 Å². The van der Waals surface area contributed by atoms with Gasteiger partial charge in [0.05, 0.1) is 13.2 Å². The van der Waals surface area contributed by atoms with Gasteiger partial charge in [-0.05, 0) is 73.9 Å². The lowest BCUT2D eigenvalue weighted by atomic mass is 10.0. The van der Waals surface area contributed by atoms with Crippen LogP contribution in [-0.2, 0) is 11.2 Å². The van der Waals surface area contributed by atoms with Crippen molar-refractivity contribution in [1.82, 2.24) is 5.32 Å². The van der Waals surface area contributed by atoms with E-state index in [0.717, 1.165) is 64.2 Å². The highest BCUT2D eigenvalue weighted by Crippen LogP contribution is 2.39. The van der Waals surface area contributed by atoms with Crippen molar-refractivity contribution in [2.45, 2.75) is 91.9 Å². The predicted molar refractivity (Wildman–Crippen MR) is 154 cm³/mol. The molecule has 5 nitrogen and oxygen atoms in total. The van der Waals surface area contributed by atoms with Crippen molar-refractivity contribution >= 4 is 11.5 Å². The van der Waals surface area contributed by atoms with E-state index in [9.17, 15) is 9.90 Å². The van der Waals surface area contributed by atoms with E-state index in [4.69, 9.17) is 9.47 Å². The molecule has 0 atom stereocenters. The minimum absolute atomic E-state index is 0.0173. The Morgan fingerprint density at radius 3 is 1.97 bits per heavy atom. The predicted octanol–water partition coefficient (Wildman–Crippen LogP) is 7.69. The molecule has 5 heteroatoms. The highest BCUT2D eigenvalue weighted by Gasteiger charge is 2.17. The van der Waals surface area contributed by atoms with E-state index >= 15 is 0 Å². The molecule has 0 saturated heterocycles. The third-order valence-electron chi connectivity index (χ3n) is 6.67. The van der Waals surface area contributed by atoms with Crippen LogP contribution in [-0.4, -0.2) is 30.8 Å². The van der Waals surface area contributed by atoms with Gasteiger partial charge in [0.2, 0.25) is 5.75 Å². The van der Waals surface area contributed by atoms with Gasteiger partial charge in [-0.1, -0.05) is 77.2 Å². The van der Waals surface area contributed by atoms with Crippen molar-refractivity contribution < 1.29 is 19.4 Å². The average molecular weight is 510 g/mol. The largest absolute Gasteiger partial charge is 0.502 e. The summed E-state index contributed by atoms with van der Waals surface area (Å²) in [6.07, 6.45) is 10.3. The number of carbonyl (C=O) groups is 1. The lowest BCUT2D eigenvalue weighted by molar-refractivity contribution is -0.115. The number of amides is 1. The Kier molecular flexibility index (Phi) is 13.7. The monoisotopic (exact) mass is 509 g/mol. The van der Waals surface area contributed by atoms with Crippen LogP contribution in [0.15, 0.2) is 36.9 Å². The number of ether oxygens (including phenoxy) is 2. The summed E-state index contributed by atoms with van der Waals surface area (Å²) in [5, 5.41) is 13.8. The van der Waals surface area contributed by atoms with E-state index in [2.05, 4.69) is 57.8 Å². The van der Waals surface area contributed by atoms with Gasteiger partial charge in [0, 0.05) is 12.1 Å². The SMILES string of the molecule is C=C(C(=O)NCCCc1ccc(C)c(C)c1)c1cc(OCCCCCC)c(O)c(OCCCCCC)c1. The molecule has 37 heavy (non-hydrogen) atoms. The highest BCUT2D eigenvalue weighted by molar-refractivity contribution is 6.18. The fourth-order valence-electron chi connectivity index (χ4n) is 4.09. The Bertz CT molecular complexity index is 963. The number of rotatable bonds is 18. The van der Waals surface area contributed by atoms with Crippen LogP contribution in [0.3, 0.4) is 0 Å². The molecule has 0 aromatic heterocycles. The lowest BCUT2D eigenvalue weighted by Gasteiger charge is -2.16. The smallest absolute Gasteiger partial charge is 0.251 e. The second-order valence-corrected chi connectivity index (χ2v) is 9.90. The summed E-state index contributed by atoms with van der Waals surface area (Å²) in [6.45, 7) is 14.2. The minimum atomic E-state index is -0.228. The molecule has 0 aliphatic heterocycles. The van der Waals surface area contributed by atoms with E-state index in [1.54, 1.807) is 12.1 Å². The fourth-order valence-corrected chi connectivity index (χ4v) is 4.09. The van der Waals surface area contributed by atoms with E-state index in [1.807, 2.05) is 0 Å². The van der Waals surface area contributed by atoms with Gasteiger partial charge in [0.15, 0.2) is 11.5 Å². The van der Waals surface area contributed by atoms with Crippen LogP contribution in [0, 0.1) is 13.8 Å². The van der Waals surface area contributed by atoms with Gasteiger partial charge in [-0.25, -0.2) is 0 Å². The highest BCUT2D eigenvalue weighted by atomic mass is 16.5. The zero-order valence-corrected chi connectivity index (χ0v) is 23.5. The van der Waals surface area contributed by atoms with Gasteiger partial charge in [-0.15, -0.1) is 0 Å². The van der Waals surface area contributed by atoms with Gasteiger partial charge in [-0.3, -0.25) is 4.79 Å². The van der Waals surface area contributed by atoms with Crippen molar-refractivity contribution in [3.8, 4) is 17.2 Å². The molecule has 0 heterocycles. The Hall–Kier alpha value is -2.95. The first kappa shape index (κ1) is 30.3.